The maximum atomic E-state index is 12.5. The first-order valence-electron chi connectivity index (χ1n) is 7.47. The first-order valence-corrected chi connectivity index (χ1v) is 7.47. The van der Waals surface area contributed by atoms with Crippen molar-refractivity contribution in [2.75, 3.05) is 18.2 Å². The summed E-state index contributed by atoms with van der Waals surface area (Å²) < 4.78 is 0. The molecule has 2 aromatic rings. The van der Waals surface area contributed by atoms with Crippen LogP contribution < -0.4 is 10.4 Å². The Balaban J connectivity index is 1.82. The molecule has 1 unspecified atom stereocenters. The summed E-state index contributed by atoms with van der Waals surface area (Å²) in [5, 5.41) is 10.8. The Morgan fingerprint density at radius 3 is 2.45 bits per heavy atom. The Labute approximate surface area is 130 Å². The van der Waals surface area contributed by atoms with Crippen molar-refractivity contribution < 1.29 is 9.90 Å². The number of aliphatic hydroxyl groups is 1. The van der Waals surface area contributed by atoms with Crippen LogP contribution in [0.3, 0.4) is 0 Å². The van der Waals surface area contributed by atoms with E-state index in [1.807, 2.05) is 66.5 Å². The Hall–Kier alpha value is -2.33. The van der Waals surface area contributed by atoms with Gasteiger partial charge in [-0.15, -0.1) is 0 Å². The van der Waals surface area contributed by atoms with Crippen molar-refractivity contribution in [3.8, 4) is 0 Å². The van der Waals surface area contributed by atoms with Gasteiger partial charge >= 0.3 is 0 Å². The molecule has 2 N–H and O–H groups in total. The first-order chi connectivity index (χ1) is 10.6. The van der Waals surface area contributed by atoms with Gasteiger partial charge in [-0.2, -0.15) is 0 Å². The summed E-state index contributed by atoms with van der Waals surface area (Å²) in [6.07, 6.45) is 0.647. The fourth-order valence-electron chi connectivity index (χ4n) is 2.83. The number of amides is 1. The number of anilines is 1. The monoisotopic (exact) mass is 296 g/mol. The highest BCUT2D eigenvalue weighted by atomic mass is 16.3. The van der Waals surface area contributed by atoms with E-state index >= 15 is 0 Å². The predicted octanol–water partition coefficient (Wildman–Crippen LogP) is 2.03. The molecule has 1 aliphatic heterocycles. The molecule has 0 spiro atoms. The molecule has 1 heterocycles. The average Bonchev–Trinajstić information content (AvgIpc) is 2.86. The summed E-state index contributed by atoms with van der Waals surface area (Å²) in [6.45, 7) is 2.71. The second-order valence-electron chi connectivity index (χ2n) is 5.87. The van der Waals surface area contributed by atoms with Crippen LogP contribution in [0, 0.1) is 0 Å². The molecule has 1 amide bonds. The fraction of sp³-hybridized carbons (Fsp3) is 0.278. The van der Waals surface area contributed by atoms with Crippen LogP contribution in [-0.4, -0.2) is 24.2 Å². The van der Waals surface area contributed by atoms with Crippen molar-refractivity contribution in [1.29, 1.82) is 0 Å². The minimum absolute atomic E-state index is 0.0122. The largest absolute Gasteiger partial charge is 0.396 e. The van der Waals surface area contributed by atoms with E-state index in [1.165, 1.54) is 0 Å². The number of nitrogens with one attached hydrogen (secondary N) is 1. The third-order valence-corrected chi connectivity index (χ3v) is 4.27. The molecule has 0 aromatic heterocycles. The first kappa shape index (κ1) is 14.6. The Kier molecular flexibility index (Phi) is 3.86. The van der Waals surface area contributed by atoms with Crippen LogP contribution in [0.15, 0.2) is 54.6 Å². The summed E-state index contributed by atoms with van der Waals surface area (Å²) in [5.74, 6) is 0.0122. The summed E-state index contributed by atoms with van der Waals surface area (Å²) in [7, 11) is 0. The second kappa shape index (κ2) is 5.81. The molecule has 1 atom stereocenters. The lowest BCUT2D eigenvalue weighted by Crippen LogP contribution is -2.34. The third-order valence-electron chi connectivity index (χ3n) is 4.27. The number of carbonyl (C=O) groups is 1. The van der Waals surface area contributed by atoms with E-state index < -0.39 is 5.41 Å². The van der Waals surface area contributed by atoms with E-state index in [0.29, 0.717) is 13.0 Å². The SMILES string of the molecule is CC1(c2ccccc2)CN(c2ccc(CCO)cc2)NC1=O. The van der Waals surface area contributed by atoms with Gasteiger partial charge in [0.2, 0.25) is 0 Å². The fourth-order valence-corrected chi connectivity index (χ4v) is 2.83. The molecule has 1 aliphatic rings. The molecular formula is C18H20N2O2. The van der Waals surface area contributed by atoms with Gasteiger partial charge in [0.05, 0.1) is 17.6 Å². The molecule has 3 rings (SSSR count). The van der Waals surface area contributed by atoms with E-state index in [4.69, 9.17) is 5.11 Å². The number of aliphatic hydroxyl groups excluding tert-OH is 1. The van der Waals surface area contributed by atoms with E-state index in [1.54, 1.807) is 0 Å². The lowest BCUT2D eigenvalue weighted by atomic mass is 9.82. The van der Waals surface area contributed by atoms with Crippen molar-refractivity contribution in [2.45, 2.75) is 18.8 Å². The van der Waals surface area contributed by atoms with Gasteiger partial charge in [0, 0.05) is 6.61 Å². The van der Waals surface area contributed by atoms with Crippen LogP contribution in [0.4, 0.5) is 5.69 Å². The molecular weight excluding hydrogens is 276 g/mol. The van der Waals surface area contributed by atoms with E-state index in [2.05, 4.69) is 5.43 Å². The van der Waals surface area contributed by atoms with Gasteiger partial charge in [-0.25, -0.2) is 0 Å². The van der Waals surface area contributed by atoms with E-state index in [9.17, 15) is 4.79 Å². The van der Waals surface area contributed by atoms with Crippen molar-refractivity contribution >= 4 is 11.6 Å². The molecule has 4 nitrogen and oxygen atoms in total. The zero-order chi connectivity index (χ0) is 15.6. The standard InChI is InChI=1S/C18H20N2O2/c1-18(15-5-3-2-4-6-15)13-20(19-17(18)22)16-9-7-14(8-10-16)11-12-21/h2-10,21H,11-13H2,1H3,(H,19,22). The molecule has 4 heteroatoms. The summed E-state index contributed by atoms with van der Waals surface area (Å²) in [5.41, 5.74) is 5.46. The molecule has 1 fully saturated rings. The Bertz CT molecular complexity index is 655. The van der Waals surface area contributed by atoms with Crippen LogP contribution >= 0.6 is 0 Å². The number of hydrogen-bond acceptors (Lipinski definition) is 3. The number of hydrogen-bond donors (Lipinski definition) is 2. The quantitative estimate of drug-likeness (QED) is 0.907. The van der Waals surface area contributed by atoms with Gasteiger partial charge in [0.25, 0.3) is 5.91 Å². The highest BCUT2D eigenvalue weighted by Gasteiger charge is 2.43. The molecule has 1 saturated heterocycles. The van der Waals surface area contributed by atoms with Gasteiger partial charge in [-0.05, 0) is 36.6 Å². The maximum Gasteiger partial charge on any atom is 0.250 e. The predicted molar refractivity (Wildman–Crippen MR) is 86.5 cm³/mol. The smallest absolute Gasteiger partial charge is 0.250 e. The van der Waals surface area contributed by atoms with E-state index in [-0.39, 0.29) is 12.5 Å². The number of carbonyl (C=O) groups excluding carboxylic acids is 1. The zero-order valence-electron chi connectivity index (χ0n) is 12.6. The van der Waals surface area contributed by atoms with Crippen molar-refractivity contribution in [3.63, 3.8) is 0 Å². The molecule has 114 valence electrons. The van der Waals surface area contributed by atoms with Crippen LogP contribution in [-0.2, 0) is 16.6 Å². The minimum Gasteiger partial charge on any atom is -0.396 e. The van der Waals surface area contributed by atoms with Crippen LogP contribution in [0.1, 0.15) is 18.1 Å². The molecule has 0 aliphatic carbocycles. The highest BCUT2D eigenvalue weighted by molar-refractivity contribution is 5.92. The summed E-state index contributed by atoms with van der Waals surface area (Å²) >= 11 is 0. The van der Waals surface area contributed by atoms with Crippen molar-refractivity contribution in [2.24, 2.45) is 0 Å². The minimum atomic E-state index is -0.551. The lowest BCUT2D eigenvalue weighted by Gasteiger charge is -2.22. The molecule has 0 saturated carbocycles. The number of rotatable bonds is 4. The van der Waals surface area contributed by atoms with Gasteiger partial charge in [0.15, 0.2) is 0 Å². The summed E-state index contributed by atoms with van der Waals surface area (Å²) in [4.78, 5) is 12.5. The lowest BCUT2D eigenvalue weighted by molar-refractivity contribution is -0.123. The Morgan fingerprint density at radius 1 is 1.14 bits per heavy atom. The zero-order valence-corrected chi connectivity index (χ0v) is 12.6. The summed E-state index contributed by atoms with van der Waals surface area (Å²) in [6, 6.07) is 17.8. The van der Waals surface area contributed by atoms with Crippen LogP contribution in [0.25, 0.3) is 0 Å². The maximum absolute atomic E-state index is 12.5. The average molecular weight is 296 g/mol. The van der Waals surface area contributed by atoms with Crippen molar-refractivity contribution in [3.05, 3.63) is 65.7 Å². The Morgan fingerprint density at radius 2 is 1.82 bits per heavy atom. The highest BCUT2D eigenvalue weighted by Crippen LogP contribution is 2.31. The van der Waals surface area contributed by atoms with Crippen molar-refractivity contribution in [1.82, 2.24) is 5.43 Å². The van der Waals surface area contributed by atoms with Gasteiger partial charge in [-0.1, -0.05) is 42.5 Å². The molecule has 0 radical (unpaired) electrons. The topological polar surface area (TPSA) is 52.6 Å². The normalized spacial score (nSPS) is 21.0. The molecule has 0 bridgehead atoms. The number of benzene rings is 2. The number of nitrogens with zero attached hydrogens (tertiary/aromatic N) is 1. The van der Waals surface area contributed by atoms with Crippen LogP contribution in [0.2, 0.25) is 0 Å². The van der Waals surface area contributed by atoms with Gasteiger partial charge in [-0.3, -0.25) is 15.2 Å². The molecule has 22 heavy (non-hydrogen) atoms. The van der Waals surface area contributed by atoms with Gasteiger partial charge in [0.1, 0.15) is 0 Å². The van der Waals surface area contributed by atoms with E-state index in [0.717, 1.165) is 16.8 Å². The number of hydrazine groups is 1. The second-order valence-corrected chi connectivity index (χ2v) is 5.87. The van der Waals surface area contributed by atoms with Gasteiger partial charge < -0.3 is 5.11 Å². The molecule has 2 aromatic carbocycles. The third kappa shape index (κ3) is 2.57. The van der Waals surface area contributed by atoms with Crippen LogP contribution in [0.5, 0.6) is 0 Å².